The fourth-order valence-electron chi connectivity index (χ4n) is 2.13. The molecule has 0 bridgehead atoms. The van der Waals surface area contributed by atoms with Crippen molar-refractivity contribution in [3.63, 3.8) is 0 Å². The van der Waals surface area contributed by atoms with Crippen molar-refractivity contribution in [1.82, 2.24) is 4.98 Å². The van der Waals surface area contributed by atoms with Crippen molar-refractivity contribution in [1.29, 1.82) is 0 Å². The molecule has 0 saturated carbocycles. The predicted octanol–water partition coefficient (Wildman–Crippen LogP) is 4.79. The average Bonchev–Trinajstić information content (AvgIpc) is 2.75. The molecule has 0 saturated heterocycles. The molecule has 0 amide bonds. The van der Waals surface area contributed by atoms with E-state index in [0.29, 0.717) is 12.3 Å². The molecule has 0 aliphatic rings. The molecule has 5 heteroatoms. The Morgan fingerprint density at radius 2 is 2.05 bits per heavy atom. The third-order valence-corrected chi connectivity index (χ3v) is 8.93. The number of fused-ring (bicyclic) bond motifs is 1. The van der Waals surface area contributed by atoms with Gasteiger partial charge in [-0.05, 0) is 35.8 Å². The van der Waals surface area contributed by atoms with E-state index in [2.05, 4.69) is 38.8 Å². The summed E-state index contributed by atoms with van der Waals surface area (Å²) in [4.78, 5) is 15.5. The largest absolute Gasteiger partial charge is 0.441 e. The van der Waals surface area contributed by atoms with E-state index in [4.69, 9.17) is 8.84 Å². The van der Waals surface area contributed by atoms with E-state index >= 15 is 0 Å². The van der Waals surface area contributed by atoms with Gasteiger partial charge in [-0.25, -0.2) is 4.98 Å². The first-order valence-corrected chi connectivity index (χ1v) is 10.5. The summed E-state index contributed by atoms with van der Waals surface area (Å²) in [6, 6.07) is 5.83. The Morgan fingerprint density at radius 1 is 1.36 bits per heavy atom. The smallest absolute Gasteiger partial charge is 0.192 e. The van der Waals surface area contributed by atoms with Crippen molar-refractivity contribution < 1.29 is 13.6 Å². The number of nitrogens with zero attached hydrogens (tertiary/aromatic N) is 1. The Bertz CT molecular complexity index is 670. The van der Waals surface area contributed by atoms with Crippen LogP contribution in [0, 0.1) is 6.92 Å². The molecule has 0 fully saturated rings. The maximum Gasteiger partial charge on any atom is 0.192 e. The van der Waals surface area contributed by atoms with Crippen molar-refractivity contribution in [3.8, 4) is 0 Å². The number of aromatic nitrogens is 1. The van der Waals surface area contributed by atoms with Crippen LogP contribution in [0.3, 0.4) is 0 Å². The molecule has 4 nitrogen and oxygen atoms in total. The van der Waals surface area contributed by atoms with Gasteiger partial charge in [-0.1, -0.05) is 26.8 Å². The van der Waals surface area contributed by atoms with Gasteiger partial charge in [-0.3, -0.25) is 0 Å². The van der Waals surface area contributed by atoms with Gasteiger partial charge in [0.15, 0.2) is 19.8 Å². The number of rotatable bonds is 5. The van der Waals surface area contributed by atoms with Gasteiger partial charge in [0.2, 0.25) is 0 Å². The van der Waals surface area contributed by atoms with Crippen molar-refractivity contribution in [3.05, 3.63) is 29.7 Å². The molecule has 1 atom stereocenters. The summed E-state index contributed by atoms with van der Waals surface area (Å²) in [6.07, 6.45) is 1.06. The molecule has 120 valence electrons. The van der Waals surface area contributed by atoms with E-state index in [1.54, 1.807) is 0 Å². The maximum atomic E-state index is 11.1. The third kappa shape index (κ3) is 3.47. The zero-order valence-corrected chi connectivity index (χ0v) is 15.3. The first-order chi connectivity index (χ1) is 10.1. The van der Waals surface area contributed by atoms with Crippen molar-refractivity contribution in [2.45, 2.75) is 58.4 Å². The van der Waals surface area contributed by atoms with Gasteiger partial charge in [-0.15, -0.1) is 0 Å². The molecule has 0 aliphatic heterocycles. The second-order valence-electron chi connectivity index (χ2n) is 7.23. The number of hydrogen-bond donors (Lipinski definition) is 0. The third-order valence-electron chi connectivity index (χ3n) is 4.44. The number of hydrogen-bond acceptors (Lipinski definition) is 4. The molecular weight excluding hydrogens is 294 g/mol. The molecule has 0 aliphatic carbocycles. The zero-order chi connectivity index (χ0) is 16.5. The number of carbonyl (C=O) groups is 1. The zero-order valence-electron chi connectivity index (χ0n) is 14.3. The van der Waals surface area contributed by atoms with E-state index in [1.807, 2.05) is 25.1 Å². The highest BCUT2D eigenvalue weighted by Crippen LogP contribution is 2.40. The highest BCUT2D eigenvalue weighted by atomic mass is 28.4. The van der Waals surface area contributed by atoms with E-state index in [-0.39, 0.29) is 11.1 Å². The van der Waals surface area contributed by atoms with Gasteiger partial charge >= 0.3 is 0 Å². The Balaban J connectivity index is 2.35. The molecule has 2 rings (SSSR count). The molecule has 0 unspecified atom stereocenters. The maximum absolute atomic E-state index is 11.1. The van der Waals surface area contributed by atoms with E-state index in [9.17, 15) is 4.79 Å². The van der Waals surface area contributed by atoms with Crippen molar-refractivity contribution in [2.75, 3.05) is 0 Å². The number of benzene rings is 1. The second kappa shape index (κ2) is 5.97. The van der Waals surface area contributed by atoms with Crippen LogP contribution in [0.25, 0.3) is 11.1 Å². The fourth-order valence-corrected chi connectivity index (χ4v) is 3.43. The summed E-state index contributed by atoms with van der Waals surface area (Å²) in [5, 5.41) is 0.0999. The predicted molar refractivity (Wildman–Crippen MR) is 90.5 cm³/mol. The quantitative estimate of drug-likeness (QED) is 0.587. The minimum Gasteiger partial charge on any atom is -0.441 e. The molecule has 1 aromatic carbocycles. The topological polar surface area (TPSA) is 52.3 Å². The van der Waals surface area contributed by atoms with Crippen LogP contribution in [0.5, 0.6) is 0 Å². The van der Waals surface area contributed by atoms with Gasteiger partial charge in [0.25, 0.3) is 0 Å². The van der Waals surface area contributed by atoms with E-state index < -0.39 is 8.32 Å². The lowest BCUT2D eigenvalue weighted by molar-refractivity contribution is -0.109. The number of oxazole rings is 1. The van der Waals surface area contributed by atoms with Crippen LogP contribution in [-0.2, 0) is 9.22 Å². The Labute approximate surface area is 133 Å². The fraction of sp³-hybridized carbons (Fsp3) is 0.529. The first kappa shape index (κ1) is 16.9. The summed E-state index contributed by atoms with van der Waals surface area (Å²) in [5.74, 6) is 0.643. The first-order valence-electron chi connectivity index (χ1n) is 7.62. The number of aldehydes is 1. The minimum absolute atomic E-state index is 0.0999. The lowest BCUT2D eigenvalue weighted by atomic mass is 10.1. The summed E-state index contributed by atoms with van der Waals surface area (Å²) in [5.41, 5.74) is 2.56. The Morgan fingerprint density at radius 3 is 2.64 bits per heavy atom. The molecule has 1 aromatic heterocycles. The van der Waals surface area contributed by atoms with Crippen LogP contribution in [-0.4, -0.2) is 19.6 Å². The van der Waals surface area contributed by atoms with Gasteiger partial charge in [0.05, 0.1) is 6.10 Å². The minimum atomic E-state index is -1.95. The highest BCUT2D eigenvalue weighted by molar-refractivity contribution is 6.74. The molecule has 1 heterocycles. The monoisotopic (exact) mass is 319 g/mol. The molecule has 2 aromatic rings. The Kier molecular flexibility index (Phi) is 4.59. The van der Waals surface area contributed by atoms with Gasteiger partial charge < -0.3 is 13.6 Å². The summed E-state index contributed by atoms with van der Waals surface area (Å²) in [7, 11) is -1.95. The van der Waals surface area contributed by atoms with Crippen LogP contribution >= 0.6 is 0 Å². The highest BCUT2D eigenvalue weighted by Gasteiger charge is 2.39. The SMILES string of the molecule is Cc1nc2cc([C@H](CC=O)O[Si](C)(C)C(C)(C)C)ccc2o1. The molecule has 0 spiro atoms. The normalized spacial score (nSPS) is 14.3. The molecule has 22 heavy (non-hydrogen) atoms. The molecule has 0 N–H and O–H groups in total. The standard InChI is InChI=1S/C17H25NO3Si/c1-12-18-14-11-13(7-8-16(14)20-12)15(9-10-19)21-22(5,6)17(2,3)4/h7-8,10-11,15H,9H2,1-6H3/t15-/m0/s1. The van der Waals surface area contributed by atoms with E-state index in [0.717, 1.165) is 22.9 Å². The lowest BCUT2D eigenvalue weighted by Crippen LogP contribution is -2.41. The summed E-state index contributed by atoms with van der Waals surface area (Å²) in [6.45, 7) is 12.8. The number of carbonyl (C=O) groups excluding carboxylic acids is 1. The average molecular weight is 319 g/mol. The van der Waals surface area contributed by atoms with Crippen LogP contribution in [0.15, 0.2) is 22.6 Å². The second-order valence-corrected chi connectivity index (χ2v) is 12.0. The van der Waals surface area contributed by atoms with Crippen LogP contribution in [0.2, 0.25) is 18.1 Å². The van der Waals surface area contributed by atoms with Crippen LogP contribution in [0.4, 0.5) is 0 Å². The lowest BCUT2D eigenvalue weighted by Gasteiger charge is -2.39. The van der Waals surface area contributed by atoms with Gasteiger partial charge in [0, 0.05) is 13.3 Å². The number of aryl methyl sites for hydroxylation is 1. The van der Waals surface area contributed by atoms with Crippen molar-refractivity contribution in [2.24, 2.45) is 0 Å². The van der Waals surface area contributed by atoms with E-state index in [1.165, 1.54) is 0 Å². The summed E-state index contributed by atoms with van der Waals surface area (Å²) >= 11 is 0. The van der Waals surface area contributed by atoms with Crippen LogP contribution < -0.4 is 0 Å². The van der Waals surface area contributed by atoms with Gasteiger partial charge in [0.1, 0.15) is 11.8 Å². The summed E-state index contributed by atoms with van der Waals surface area (Å²) < 4.78 is 11.9. The Hall–Kier alpha value is -1.46. The van der Waals surface area contributed by atoms with Crippen LogP contribution in [0.1, 0.15) is 44.8 Å². The van der Waals surface area contributed by atoms with Crippen molar-refractivity contribution >= 4 is 25.7 Å². The molecule has 0 radical (unpaired) electrons. The van der Waals surface area contributed by atoms with Gasteiger partial charge in [-0.2, -0.15) is 0 Å². The molecular formula is C17H25NO3Si.